The molecule has 7 N–H and O–H groups in total. The molecule has 18 atom stereocenters. The molecule has 2 heterocycles. The normalized spacial score (nSPS) is 42.6. The number of amides is 3. The predicted molar refractivity (Wildman–Crippen MR) is 229 cm³/mol. The quantitative estimate of drug-likeness (QED) is 0.0909. The van der Waals surface area contributed by atoms with Crippen molar-refractivity contribution in [2.45, 2.75) is 186 Å². The minimum atomic E-state index is -1.40. The van der Waals surface area contributed by atoms with Crippen LogP contribution in [0.25, 0.3) is 0 Å². The van der Waals surface area contributed by atoms with E-state index in [0.29, 0.717) is 11.3 Å². The van der Waals surface area contributed by atoms with Crippen LogP contribution in [0.15, 0.2) is 11.6 Å². The molecule has 2 aliphatic heterocycles. The van der Waals surface area contributed by atoms with Crippen LogP contribution in [0.1, 0.15) is 126 Å². The molecule has 0 aromatic carbocycles. The molecular weight excluding hydrogens is 783 g/mol. The van der Waals surface area contributed by atoms with Gasteiger partial charge in [-0.1, -0.05) is 65.5 Å². The summed E-state index contributed by atoms with van der Waals surface area (Å²) in [4.78, 5) is 38.8. The Morgan fingerprint density at radius 1 is 0.918 bits per heavy atom. The Balaban J connectivity index is 0.994. The van der Waals surface area contributed by atoms with Gasteiger partial charge in [0.25, 0.3) is 0 Å². The molecule has 2 saturated heterocycles. The van der Waals surface area contributed by atoms with E-state index in [9.17, 15) is 34.8 Å². The van der Waals surface area contributed by atoms with Crippen LogP contribution in [0.5, 0.6) is 0 Å². The number of aliphatic hydroxyl groups excluding tert-OH is 4. The highest BCUT2D eigenvalue weighted by Crippen LogP contribution is 2.67. The maximum atomic E-state index is 13.6. The molecule has 0 aromatic rings. The molecule has 6 aliphatic rings. The van der Waals surface area contributed by atoms with Gasteiger partial charge in [0.05, 0.1) is 31.0 Å². The summed E-state index contributed by atoms with van der Waals surface area (Å²) in [5.41, 5.74) is 2.04. The number of ether oxygens (including phenoxy) is 4. The molecule has 0 radical (unpaired) electrons. The Morgan fingerprint density at radius 3 is 2.34 bits per heavy atom. The molecule has 14 nitrogen and oxygen atoms in total. The fraction of sp³-hybridized carbons (Fsp3) is 0.894. The van der Waals surface area contributed by atoms with Crippen molar-refractivity contribution in [1.82, 2.24) is 16.0 Å². The fourth-order valence-corrected chi connectivity index (χ4v) is 13.4. The van der Waals surface area contributed by atoms with Gasteiger partial charge >= 0.3 is 6.09 Å². The van der Waals surface area contributed by atoms with Crippen LogP contribution in [0.4, 0.5) is 4.79 Å². The third kappa shape index (κ3) is 10.2. The topological polar surface area (TPSA) is 205 Å². The van der Waals surface area contributed by atoms with Gasteiger partial charge in [-0.3, -0.25) is 9.59 Å². The Kier molecular flexibility index (Phi) is 16.0. The number of carbonyl (C=O) groups excluding carboxylic acids is 3. The lowest BCUT2D eigenvalue weighted by Crippen LogP contribution is -2.66. The summed E-state index contributed by atoms with van der Waals surface area (Å²) < 4.78 is 23.4. The van der Waals surface area contributed by atoms with Gasteiger partial charge in [0, 0.05) is 39.5 Å². The van der Waals surface area contributed by atoms with Gasteiger partial charge in [0.15, 0.2) is 0 Å². The van der Waals surface area contributed by atoms with Gasteiger partial charge in [-0.2, -0.15) is 0 Å². The summed E-state index contributed by atoms with van der Waals surface area (Å²) in [7, 11) is 1.36. The number of alkyl carbamates (subject to hydrolysis) is 1. The number of hydrogen-bond acceptors (Lipinski definition) is 11. The zero-order valence-corrected chi connectivity index (χ0v) is 38.1. The molecule has 14 heteroatoms. The second kappa shape index (κ2) is 20.2. The van der Waals surface area contributed by atoms with E-state index in [1.165, 1.54) is 64.6 Å². The van der Waals surface area contributed by atoms with Gasteiger partial charge in [-0.15, -0.1) is 0 Å². The number of nitrogens with one attached hydrogen (secondary N) is 3. The van der Waals surface area contributed by atoms with Crippen molar-refractivity contribution in [1.29, 1.82) is 0 Å². The monoisotopic (exact) mass is 862 g/mol. The van der Waals surface area contributed by atoms with E-state index in [1.807, 2.05) is 0 Å². The minimum absolute atomic E-state index is 0.0567. The fourth-order valence-electron chi connectivity index (χ4n) is 13.4. The van der Waals surface area contributed by atoms with Crippen LogP contribution >= 0.6 is 0 Å². The standard InChI is InChI=1S/C47H79N3O11/c1-25(2)10-9-11-26(3)33-14-15-34-31-13-12-29-22-30(16-18-46(29,6)35(31)17-19-47(33,34)7)60-45(57)49-21-20-48-44(56)42-32(40(54)39(53)27(4)59-42)23-36-38(50-28(5)52)43(58-8)41(55)37(24-51)61-36/h12,25-27,30-43,51,53-55H,9-11,13-24H2,1-8H3,(H,48,56)(H,49,57)(H,50,52)/t26-,27+,30+,31+,32+,33-,34+,35+,36+,37?,38?,39-,40+,41+,42?,43-,46+,47-/m1/s1. The van der Waals surface area contributed by atoms with Crippen LogP contribution in [0.2, 0.25) is 0 Å². The molecule has 0 spiro atoms. The number of carbonyl (C=O) groups is 3. The molecule has 4 aliphatic carbocycles. The number of hydrogen-bond donors (Lipinski definition) is 7. The first-order valence-corrected chi connectivity index (χ1v) is 23.6. The number of rotatable bonds is 15. The first-order valence-electron chi connectivity index (χ1n) is 23.6. The van der Waals surface area contributed by atoms with Crippen molar-refractivity contribution in [2.24, 2.45) is 52.3 Å². The number of methoxy groups -OCH3 is 1. The van der Waals surface area contributed by atoms with E-state index in [-0.39, 0.29) is 31.0 Å². The number of allylic oxidation sites excluding steroid dienone is 1. The largest absolute Gasteiger partial charge is 0.446 e. The van der Waals surface area contributed by atoms with Crippen LogP contribution in [-0.2, 0) is 28.5 Å². The molecule has 348 valence electrons. The van der Waals surface area contributed by atoms with E-state index in [2.05, 4.69) is 56.6 Å². The highest BCUT2D eigenvalue weighted by molar-refractivity contribution is 5.81. The van der Waals surface area contributed by atoms with Crippen molar-refractivity contribution in [3.05, 3.63) is 11.6 Å². The minimum Gasteiger partial charge on any atom is -0.446 e. The molecule has 0 bridgehead atoms. The molecule has 5 fully saturated rings. The SMILES string of the molecule is CO[C@@H]1C(NC(C)=O)[C@H](C[C@@H]2C(C(=O)NCCNC(=O)O[C@H]3CC[C@@]4(C)C(=CC[C@H]5[C@@H]6CC[C@H]([C@H](C)CCCC(C)C)[C@@]6(C)CC[C@@H]54)C3)O[C@@H](C)[C@@H](O)[C@H]2O)OC(CO)[C@@H]1O. The second-order valence-corrected chi connectivity index (χ2v) is 20.7. The average Bonchev–Trinajstić information content (AvgIpc) is 3.57. The lowest BCUT2D eigenvalue weighted by molar-refractivity contribution is -0.227. The zero-order chi connectivity index (χ0) is 44.4. The maximum Gasteiger partial charge on any atom is 0.407 e. The van der Waals surface area contributed by atoms with Gasteiger partial charge in [0.2, 0.25) is 11.8 Å². The van der Waals surface area contributed by atoms with E-state index in [1.54, 1.807) is 6.92 Å². The molecule has 0 aromatic heterocycles. The van der Waals surface area contributed by atoms with Crippen LogP contribution < -0.4 is 16.0 Å². The molecule has 6 rings (SSSR count). The highest BCUT2D eigenvalue weighted by atomic mass is 16.6. The third-order valence-corrected chi connectivity index (χ3v) is 16.7. The van der Waals surface area contributed by atoms with Gasteiger partial charge in [0.1, 0.15) is 36.6 Å². The first-order chi connectivity index (χ1) is 28.9. The summed E-state index contributed by atoms with van der Waals surface area (Å²) >= 11 is 0. The zero-order valence-electron chi connectivity index (χ0n) is 38.1. The lowest BCUT2D eigenvalue weighted by Gasteiger charge is -2.58. The van der Waals surface area contributed by atoms with E-state index >= 15 is 0 Å². The Hall–Kier alpha value is -2.33. The Labute approximate surface area is 364 Å². The van der Waals surface area contributed by atoms with E-state index < -0.39 is 85.3 Å². The summed E-state index contributed by atoms with van der Waals surface area (Å²) in [6.45, 7) is 14.8. The van der Waals surface area contributed by atoms with Crippen molar-refractivity contribution >= 4 is 17.9 Å². The Morgan fingerprint density at radius 2 is 1.66 bits per heavy atom. The maximum absolute atomic E-state index is 13.6. The summed E-state index contributed by atoms with van der Waals surface area (Å²) in [6, 6.07) is -0.895. The van der Waals surface area contributed by atoms with Gasteiger partial charge in [-0.05, 0) is 105 Å². The highest BCUT2D eigenvalue weighted by Gasteiger charge is 2.59. The summed E-state index contributed by atoms with van der Waals surface area (Å²) in [6.07, 6.45) is 5.78. The molecule has 3 saturated carbocycles. The smallest absolute Gasteiger partial charge is 0.407 e. The Bertz CT molecular complexity index is 1550. The van der Waals surface area contributed by atoms with E-state index in [4.69, 9.17) is 18.9 Å². The second-order valence-electron chi connectivity index (χ2n) is 20.7. The van der Waals surface area contributed by atoms with Crippen molar-refractivity contribution in [3.63, 3.8) is 0 Å². The summed E-state index contributed by atoms with van der Waals surface area (Å²) in [5, 5.41) is 50.9. The van der Waals surface area contributed by atoms with Crippen molar-refractivity contribution in [2.75, 3.05) is 26.8 Å². The van der Waals surface area contributed by atoms with Gasteiger partial charge < -0.3 is 55.3 Å². The third-order valence-electron chi connectivity index (χ3n) is 16.7. The van der Waals surface area contributed by atoms with Crippen molar-refractivity contribution < 1.29 is 53.8 Å². The molecule has 3 amide bonds. The molecule has 3 unspecified atom stereocenters. The average molecular weight is 862 g/mol. The van der Waals surface area contributed by atoms with Crippen LogP contribution in [0.3, 0.4) is 0 Å². The number of aliphatic hydroxyl groups is 4. The van der Waals surface area contributed by atoms with Crippen LogP contribution in [-0.4, -0.2) is 126 Å². The lowest BCUT2D eigenvalue weighted by atomic mass is 9.47. The van der Waals surface area contributed by atoms with E-state index in [0.717, 1.165) is 55.3 Å². The predicted octanol–water partition coefficient (Wildman–Crippen LogP) is 4.39. The van der Waals surface area contributed by atoms with Crippen LogP contribution in [0, 0.1) is 52.3 Å². The number of fused-ring (bicyclic) bond motifs is 5. The van der Waals surface area contributed by atoms with Gasteiger partial charge in [-0.25, -0.2) is 4.79 Å². The van der Waals surface area contributed by atoms with Crippen molar-refractivity contribution in [3.8, 4) is 0 Å². The molecule has 61 heavy (non-hydrogen) atoms. The first kappa shape index (κ1) is 48.1. The molecular formula is C47H79N3O11. The summed E-state index contributed by atoms with van der Waals surface area (Å²) in [5.74, 6) is 2.63.